The second kappa shape index (κ2) is 6.98. The molecular formula is C17H14ClFN4S. The molecule has 7 heteroatoms. The van der Waals surface area contributed by atoms with Crippen molar-refractivity contribution >= 4 is 46.0 Å². The molecule has 0 aliphatic carbocycles. The molecule has 0 aliphatic heterocycles. The van der Waals surface area contributed by atoms with Crippen LogP contribution in [0.5, 0.6) is 0 Å². The SMILES string of the molecule is NC(=S)N/N=C\c1cn(Cc2c(F)cccc2Cl)c2ccccc12. The van der Waals surface area contributed by atoms with Gasteiger partial charge < -0.3 is 10.3 Å². The van der Waals surface area contributed by atoms with E-state index in [0.717, 1.165) is 16.5 Å². The molecule has 0 unspecified atom stereocenters. The van der Waals surface area contributed by atoms with Crippen molar-refractivity contribution < 1.29 is 4.39 Å². The Hall–Kier alpha value is -2.44. The lowest BCUT2D eigenvalue weighted by Gasteiger charge is -2.08. The number of benzene rings is 2. The van der Waals surface area contributed by atoms with Crippen molar-refractivity contribution in [3.8, 4) is 0 Å². The largest absolute Gasteiger partial charge is 0.375 e. The fourth-order valence-corrected chi connectivity index (χ4v) is 2.80. The normalized spacial score (nSPS) is 11.2. The van der Waals surface area contributed by atoms with Crippen LogP contribution in [0.3, 0.4) is 0 Å². The second-order valence-electron chi connectivity index (χ2n) is 5.16. The summed E-state index contributed by atoms with van der Waals surface area (Å²) in [6.45, 7) is 0.322. The van der Waals surface area contributed by atoms with Crippen LogP contribution in [0.2, 0.25) is 5.02 Å². The predicted molar refractivity (Wildman–Crippen MR) is 100.0 cm³/mol. The Balaban J connectivity index is 2.02. The number of hydrogen-bond donors (Lipinski definition) is 2. The number of para-hydroxylation sites is 1. The monoisotopic (exact) mass is 360 g/mol. The van der Waals surface area contributed by atoms with E-state index in [4.69, 9.17) is 29.6 Å². The molecule has 1 heterocycles. The number of hydrogen-bond acceptors (Lipinski definition) is 2. The zero-order chi connectivity index (χ0) is 17.1. The van der Waals surface area contributed by atoms with Crippen LogP contribution in [0.4, 0.5) is 4.39 Å². The van der Waals surface area contributed by atoms with E-state index in [1.165, 1.54) is 6.07 Å². The number of aromatic nitrogens is 1. The van der Waals surface area contributed by atoms with Gasteiger partial charge in [-0.3, -0.25) is 5.43 Å². The maximum atomic E-state index is 14.1. The highest BCUT2D eigenvalue weighted by molar-refractivity contribution is 7.80. The van der Waals surface area contributed by atoms with Crippen molar-refractivity contribution in [2.45, 2.75) is 6.54 Å². The maximum Gasteiger partial charge on any atom is 0.184 e. The number of rotatable bonds is 4. The molecule has 2 aromatic carbocycles. The van der Waals surface area contributed by atoms with Crippen LogP contribution >= 0.6 is 23.8 Å². The fourth-order valence-electron chi connectivity index (χ4n) is 2.53. The molecule has 0 radical (unpaired) electrons. The molecular weight excluding hydrogens is 347 g/mol. The number of hydrazone groups is 1. The van der Waals surface area contributed by atoms with Gasteiger partial charge in [0, 0.05) is 33.2 Å². The molecule has 0 bridgehead atoms. The molecule has 4 nitrogen and oxygen atoms in total. The average Bonchev–Trinajstić information content (AvgIpc) is 2.89. The Bertz CT molecular complexity index is 915. The molecule has 0 saturated carbocycles. The van der Waals surface area contributed by atoms with Gasteiger partial charge in [0.2, 0.25) is 0 Å². The lowest BCUT2D eigenvalue weighted by Crippen LogP contribution is -2.23. The van der Waals surface area contributed by atoms with E-state index in [-0.39, 0.29) is 10.9 Å². The van der Waals surface area contributed by atoms with Gasteiger partial charge in [-0.15, -0.1) is 0 Å². The predicted octanol–water partition coefficient (Wildman–Crippen LogP) is 3.65. The molecule has 3 rings (SSSR count). The van der Waals surface area contributed by atoms with Gasteiger partial charge in [0.1, 0.15) is 5.82 Å². The number of halogens is 2. The highest BCUT2D eigenvalue weighted by Crippen LogP contribution is 2.25. The van der Waals surface area contributed by atoms with Crippen molar-refractivity contribution in [3.63, 3.8) is 0 Å². The van der Waals surface area contributed by atoms with E-state index in [9.17, 15) is 4.39 Å². The van der Waals surface area contributed by atoms with E-state index in [1.54, 1.807) is 18.3 Å². The van der Waals surface area contributed by atoms with Gasteiger partial charge >= 0.3 is 0 Å². The van der Waals surface area contributed by atoms with Crippen molar-refractivity contribution in [1.29, 1.82) is 0 Å². The summed E-state index contributed by atoms with van der Waals surface area (Å²) in [4.78, 5) is 0. The van der Waals surface area contributed by atoms with Gasteiger partial charge in [0.05, 0.1) is 12.8 Å². The molecule has 24 heavy (non-hydrogen) atoms. The van der Waals surface area contributed by atoms with Crippen LogP contribution in [0, 0.1) is 5.82 Å². The van der Waals surface area contributed by atoms with E-state index < -0.39 is 0 Å². The minimum atomic E-state index is -0.328. The van der Waals surface area contributed by atoms with Crippen molar-refractivity contribution in [2.24, 2.45) is 10.8 Å². The molecule has 0 spiro atoms. The van der Waals surface area contributed by atoms with E-state index in [0.29, 0.717) is 17.1 Å². The summed E-state index contributed by atoms with van der Waals surface area (Å²) in [7, 11) is 0. The first-order valence-electron chi connectivity index (χ1n) is 7.15. The van der Waals surface area contributed by atoms with Gasteiger partial charge in [-0.1, -0.05) is 35.9 Å². The van der Waals surface area contributed by atoms with Gasteiger partial charge in [0.25, 0.3) is 0 Å². The topological polar surface area (TPSA) is 55.3 Å². The number of nitrogens with zero attached hydrogens (tertiary/aromatic N) is 2. The van der Waals surface area contributed by atoms with Crippen LogP contribution in [0.25, 0.3) is 10.9 Å². The van der Waals surface area contributed by atoms with Gasteiger partial charge in [0.15, 0.2) is 5.11 Å². The maximum absolute atomic E-state index is 14.1. The third kappa shape index (κ3) is 3.39. The van der Waals surface area contributed by atoms with Crippen LogP contribution in [0.1, 0.15) is 11.1 Å². The van der Waals surface area contributed by atoms with Crippen molar-refractivity contribution in [3.05, 3.63) is 70.6 Å². The van der Waals surface area contributed by atoms with Crippen LogP contribution in [-0.2, 0) is 6.54 Å². The molecule has 3 aromatic rings. The summed E-state index contributed by atoms with van der Waals surface area (Å²) >= 11 is 10.9. The van der Waals surface area contributed by atoms with E-state index in [1.807, 2.05) is 35.0 Å². The highest BCUT2D eigenvalue weighted by Gasteiger charge is 2.11. The van der Waals surface area contributed by atoms with Crippen molar-refractivity contribution in [2.75, 3.05) is 0 Å². The Morgan fingerprint density at radius 1 is 1.29 bits per heavy atom. The molecule has 0 saturated heterocycles. The van der Waals surface area contributed by atoms with E-state index in [2.05, 4.69) is 10.5 Å². The standard InChI is InChI=1S/C17H14ClFN4S/c18-14-5-3-6-15(19)13(14)10-23-9-11(8-21-22-17(20)24)12-4-1-2-7-16(12)23/h1-9H,10H2,(H3,20,22,24)/b21-8-. The lowest BCUT2D eigenvalue weighted by molar-refractivity contribution is 0.602. The Morgan fingerprint density at radius 2 is 2.08 bits per heavy atom. The molecule has 0 fully saturated rings. The zero-order valence-corrected chi connectivity index (χ0v) is 14.1. The molecule has 1 aromatic heterocycles. The van der Waals surface area contributed by atoms with E-state index >= 15 is 0 Å². The van der Waals surface area contributed by atoms with Crippen LogP contribution in [0.15, 0.2) is 53.8 Å². The molecule has 3 N–H and O–H groups in total. The zero-order valence-electron chi connectivity index (χ0n) is 12.5. The summed E-state index contributed by atoms with van der Waals surface area (Å²) in [6, 6.07) is 12.5. The Morgan fingerprint density at radius 3 is 2.83 bits per heavy atom. The fraction of sp³-hybridized carbons (Fsp3) is 0.0588. The number of nitrogens with one attached hydrogen (secondary N) is 1. The molecule has 0 aliphatic rings. The minimum absolute atomic E-state index is 0.0909. The number of nitrogens with two attached hydrogens (primary N) is 1. The van der Waals surface area contributed by atoms with Crippen LogP contribution in [-0.4, -0.2) is 15.9 Å². The first kappa shape index (κ1) is 16.4. The molecule has 0 amide bonds. The molecule has 122 valence electrons. The summed E-state index contributed by atoms with van der Waals surface area (Å²) in [5, 5.41) is 5.47. The lowest BCUT2D eigenvalue weighted by atomic mass is 10.2. The van der Waals surface area contributed by atoms with Gasteiger partial charge in [-0.05, 0) is 30.4 Å². The summed E-state index contributed by atoms with van der Waals surface area (Å²) in [6.07, 6.45) is 3.51. The van der Waals surface area contributed by atoms with Gasteiger partial charge in [-0.25, -0.2) is 4.39 Å². The summed E-state index contributed by atoms with van der Waals surface area (Å²) in [5.41, 5.74) is 10.1. The number of fused-ring (bicyclic) bond motifs is 1. The Kier molecular flexibility index (Phi) is 4.78. The minimum Gasteiger partial charge on any atom is -0.375 e. The smallest absolute Gasteiger partial charge is 0.184 e. The third-order valence-corrected chi connectivity index (χ3v) is 4.03. The molecule has 0 atom stereocenters. The summed E-state index contributed by atoms with van der Waals surface area (Å²) in [5.74, 6) is -0.328. The summed E-state index contributed by atoms with van der Waals surface area (Å²) < 4.78 is 16.0. The van der Waals surface area contributed by atoms with Crippen LogP contribution < -0.4 is 11.2 Å². The highest BCUT2D eigenvalue weighted by atomic mass is 35.5. The second-order valence-corrected chi connectivity index (χ2v) is 6.01. The quantitative estimate of drug-likeness (QED) is 0.424. The first-order chi connectivity index (χ1) is 11.6. The third-order valence-electron chi connectivity index (χ3n) is 3.59. The number of thiocarbonyl (C=S) groups is 1. The van der Waals surface area contributed by atoms with Crippen molar-refractivity contribution in [1.82, 2.24) is 9.99 Å². The average molecular weight is 361 g/mol. The first-order valence-corrected chi connectivity index (χ1v) is 7.94. The van der Waals surface area contributed by atoms with Gasteiger partial charge in [-0.2, -0.15) is 5.10 Å². The Labute approximate surface area is 148 Å².